The van der Waals surface area contributed by atoms with E-state index >= 15 is 0 Å². The van der Waals surface area contributed by atoms with Gasteiger partial charge >= 0.3 is 0 Å². The minimum absolute atomic E-state index is 0.00189. The van der Waals surface area contributed by atoms with E-state index in [-0.39, 0.29) is 12.2 Å². The first kappa shape index (κ1) is 22.0. The highest BCUT2D eigenvalue weighted by atomic mass is 16.6. The molecule has 172 valence electrons. The van der Waals surface area contributed by atoms with Crippen molar-refractivity contribution >= 4 is 5.91 Å². The number of ether oxygens (including phenoxy) is 3. The molecule has 0 unspecified atom stereocenters. The van der Waals surface area contributed by atoms with Crippen LogP contribution >= 0.6 is 0 Å². The topological polar surface area (TPSA) is 124 Å². The number of likely N-dealkylation sites (tertiary alicyclic amines) is 1. The second-order valence-corrected chi connectivity index (χ2v) is 8.10. The van der Waals surface area contributed by atoms with Gasteiger partial charge in [0.05, 0.1) is 19.6 Å². The number of rotatable bonds is 7. The van der Waals surface area contributed by atoms with Crippen molar-refractivity contribution in [2.45, 2.75) is 38.1 Å². The number of piperidine rings is 1. The monoisotopic (exact) mass is 444 g/mol. The lowest BCUT2D eigenvalue weighted by Crippen LogP contribution is -2.29. The zero-order chi connectivity index (χ0) is 22.7. The molecule has 0 bridgehead atoms. The first-order valence-electron chi connectivity index (χ1n) is 10.8. The molecule has 2 aliphatic heterocycles. The molecule has 1 aromatic carbocycles. The number of nitrogens with zero attached hydrogens (tertiary/aromatic N) is 1. The highest BCUT2D eigenvalue weighted by molar-refractivity contribution is 5.75. The second kappa shape index (κ2) is 9.52. The predicted octanol–water partition coefficient (Wildman–Crippen LogP) is 2.12. The molecule has 0 saturated carbocycles. The fourth-order valence-corrected chi connectivity index (χ4v) is 4.26. The summed E-state index contributed by atoms with van der Waals surface area (Å²) in [4.78, 5) is 26.7. The van der Waals surface area contributed by atoms with Gasteiger partial charge in [-0.15, -0.1) is 0 Å². The maximum atomic E-state index is 12.6. The Morgan fingerprint density at radius 1 is 1.19 bits per heavy atom. The van der Waals surface area contributed by atoms with Gasteiger partial charge in [0, 0.05) is 12.5 Å². The lowest BCUT2D eigenvalue weighted by molar-refractivity contribution is -0.118. The van der Waals surface area contributed by atoms with Gasteiger partial charge in [0.2, 0.25) is 22.8 Å². The Kier molecular flexibility index (Phi) is 6.55. The summed E-state index contributed by atoms with van der Waals surface area (Å²) in [5.74, 6) is -0.175. The number of fused-ring (bicyclic) bond motifs is 1. The van der Waals surface area contributed by atoms with Crippen LogP contribution in [-0.4, -0.2) is 49.3 Å². The van der Waals surface area contributed by atoms with Gasteiger partial charge in [0.25, 0.3) is 0 Å². The highest BCUT2D eigenvalue weighted by Crippen LogP contribution is 2.44. The van der Waals surface area contributed by atoms with Gasteiger partial charge in [-0.3, -0.25) is 14.5 Å². The number of aromatic hydroxyl groups is 1. The van der Waals surface area contributed by atoms with Crippen molar-refractivity contribution in [2.75, 3.05) is 33.4 Å². The third kappa shape index (κ3) is 4.67. The molecule has 3 N–H and O–H groups in total. The van der Waals surface area contributed by atoms with Gasteiger partial charge in [-0.2, -0.15) is 0 Å². The molecule has 32 heavy (non-hydrogen) atoms. The highest BCUT2D eigenvalue weighted by Gasteiger charge is 2.29. The lowest BCUT2D eigenvalue weighted by Gasteiger charge is -2.26. The molecule has 2 aromatic rings. The molecule has 1 amide bonds. The minimum atomic E-state index is -0.800. The molecule has 1 atom stereocenters. The smallest absolute Gasteiger partial charge is 0.227 e. The Morgan fingerprint density at radius 2 is 1.94 bits per heavy atom. The van der Waals surface area contributed by atoms with Gasteiger partial charge in [-0.1, -0.05) is 6.42 Å². The number of hydrogen-bond donors (Lipinski definition) is 2. The lowest BCUT2D eigenvalue weighted by atomic mass is 9.91. The van der Waals surface area contributed by atoms with E-state index in [1.165, 1.54) is 19.6 Å². The molecule has 4 rings (SSSR count). The van der Waals surface area contributed by atoms with Crippen LogP contribution in [0.5, 0.6) is 23.0 Å². The number of nitrogens with two attached hydrogens (primary N) is 1. The summed E-state index contributed by atoms with van der Waals surface area (Å²) in [5.41, 5.74) is 5.51. The van der Waals surface area contributed by atoms with E-state index in [9.17, 15) is 14.7 Å². The third-order valence-electron chi connectivity index (χ3n) is 5.80. The van der Waals surface area contributed by atoms with E-state index in [4.69, 9.17) is 24.4 Å². The van der Waals surface area contributed by atoms with Gasteiger partial charge in [0.15, 0.2) is 17.3 Å². The zero-order valence-corrected chi connectivity index (χ0v) is 18.1. The fourth-order valence-electron chi connectivity index (χ4n) is 4.26. The van der Waals surface area contributed by atoms with Crippen LogP contribution in [0.25, 0.3) is 0 Å². The van der Waals surface area contributed by atoms with Gasteiger partial charge in [-0.05, 0) is 43.6 Å². The van der Waals surface area contributed by atoms with Crippen LogP contribution in [0.1, 0.15) is 48.7 Å². The molecular formula is C23H28N2O7. The maximum absolute atomic E-state index is 12.6. The predicted molar refractivity (Wildman–Crippen MR) is 115 cm³/mol. The SMILES string of the molecule is COc1cc([C@H](CC(N)=O)c2oc(CN3CCCCC3)cc(=O)c2O)cc2c1OCCO2. The molecule has 0 spiro atoms. The van der Waals surface area contributed by atoms with Crippen molar-refractivity contribution in [1.29, 1.82) is 0 Å². The quantitative estimate of drug-likeness (QED) is 0.665. The fraction of sp³-hybridized carbons (Fsp3) is 0.478. The van der Waals surface area contributed by atoms with Gasteiger partial charge in [-0.25, -0.2) is 0 Å². The average molecular weight is 444 g/mol. The molecule has 1 saturated heterocycles. The first-order chi connectivity index (χ1) is 15.5. The Bertz CT molecular complexity index is 1030. The Labute approximate surface area is 185 Å². The Hall–Kier alpha value is -3.20. The molecule has 1 fully saturated rings. The van der Waals surface area contributed by atoms with Crippen LogP contribution in [0.15, 0.2) is 27.4 Å². The Morgan fingerprint density at radius 3 is 2.66 bits per heavy atom. The summed E-state index contributed by atoms with van der Waals surface area (Å²) >= 11 is 0. The minimum Gasteiger partial charge on any atom is -0.502 e. The van der Waals surface area contributed by atoms with E-state index in [1.54, 1.807) is 12.1 Å². The summed E-state index contributed by atoms with van der Waals surface area (Å²) in [5, 5.41) is 10.6. The normalized spacial score (nSPS) is 17.0. The van der Waals surface area contributed by atoms with Crippen LogP contribution in [-0.2, 0) is 11.3 Å². The average Bonchev–Trinajstić information content (AvgIpc) is 2.79. The number of benzene rings is 1. The number of primary amides is 1. The maximum Gasteiger partial charge on any atom is 0.227 e. The van der Waals surface area contributed by atoms with E-state index in [0.29, 0.717) is 48.3 Å². The van der Waals surface area contributed by atoms with Crippen molar-refractivity contribution < 1.29 is 28.5 Å². The van der Waals surface area contributed by atoms with Crippen LogP contribution in [0.4, 0.5) is 0 Å². The molecule has 1 aromatic heterocycles. The summed E-state index contributed by atoms with van der Waals surface area (Å²) in [6.45, 7) is 3.05. The number of hydrogen-bond acceptors (Lipinski definition) is 8. The molecule has 0 radical (unpaired) electrons. The van der Waals surface area contributed by atoms with E-state index in [2.05, 4.69) is 4.90 Å². The molecule has 0 aliphatic carbocycles. The first-order valence-corrected chi connectivity index (χ1v) is 10.8. The van der Waals surface area contributed by atoms with Crippen molar-refractivity contribution in [3.05, 3.63) is 45.5 Å². The van der Waals surface area contributed by atoms with Crippen molar-refractivity contribution in [1.82, 2.24) is 4.90 Å². The van der Waals surface area contributed by atoms with Crippen LogP contribution in [0.2, 0.25) is 0 Å². The zero-order valence-electron chi connectivity index (χ0n) is 18.1. The van der Waals surface area contributed by atoms with Crippen molar-refractivity contribution in [3.63, 3.8) is 0 Å². The summed E-state index contributed by atoms with van der Waals surface area (Å²) < 4.78 is 22.8. The summed E-state index contributed by atoms with van der Waals surface area (Å²) in [6.07, 6.45) is 3.20. The number of amides is 1. The molecular weight excluding hydrogens is 416 g/mol. The molecule has 9 nitrogen and oxygen atoms in total. The van der Waals surface area contributed by atoms with E-state index in [1.807, 2.05) is 0 Å². The van der Waals surface area contributed by atoms with E-state index < -0.39 is 23.0 Å². The standard InChI is InChI=1S/C23H28N2O7/c1-29-18-9-14(10-19-23(18)31-8-7-30-19)16(12-20(24)27)22-21(28)17(26)11-15(32-22)13-25-5-3-2-4-6-25/h9-11,16,28H,2-8,12-13H2,1H3,(H2,24,27)/t16-/m0/s1. The largest absolute Gasteiger partial charge is 0.502 e. The van der Waals surface area contributed by atoms with Crippen LogP contribution < -0.4 is 25.4 Å². The molecule has 3 heterocycles. The molecule has 2 aliphatic rings. The number of methoxy groups -OCH3 is 1. The summed E-state index contributed by atoms with van der Waals surface area (Å²) in [7, 11) is 1.50. The number of carbonyl (C=O) groups is 1. The van der Waals surface area contributed by atoms with Gasteiger partial charge in [0.1, 0.15) is 19.0 Å². The second-order valence-electron chi connectivity index (χ2n) is 8.10. The number of carbonyl (C=O) groups excluding carboxylic acids is 1. The Balaban J connectivity index is 1.76. The van der Waals surface area contributed by atoms with Crippen molar-refractivity contribution in [2.24, 2.45) is 5.73 Å². The summed E-state index contributed by atoms with van der Waals surface area (Å²) in [6, 6.07) is 4.68. The van der Waals surface area contributed by atoms with E-state index in [0.717, 1.165) is 25.9 Å². The van der Waals surface area contributed by atoms with Crippen LogP contribution in [0, 0.1) is 0 Å². The van der Waals surface area contributed by atoms with Crippen molar-refractivity contribution in [3.8, 4) is 23.0 Å². The van der Waals surface area contributed by atoms with Gasteiger partial charge < -0.3 is 29.5 Å². The molecule has 9 heteroatoms. The third-order valence-corrected chi connectivity index (χ3v) is 5.80. The van der Waals surface area contributed by atoms with Crippen LogP contribution in [0.3, 0.4) is 0 Å².